The van der Waals surface area contributed by atoms with E-state index in [4.69, 9.17) is 10.7 Å². The van der Waals surface area contributed by atoms with Gasteiger partial charge in [-0.25, -0.2) is 4.68 Å². The van der Waals surface area contributed by atoms with Crippen LogP contribution in [0, 0.1) is 0 Å². The van der Waals surface area contributed by atoms with Gasteiger partial charge in [0.2, 0.25) is 5.95 Å². The minimum Gasteiger partial charge on any atom is -0.382 e. The Morgan fingerprint density at radius 1 is 1.00 bits per heavy atom. The first-order valence-corrected chi connectivity index (χ1v) is 9.18. The molecule has 0 saturated carbocycles. The first-order chi connectivity index (χ1) is 13.7. The number of nitrogens with two attached hydrogens (primary N) is 1. The number of aromatic amines is 1. The van der Waals surface area contributed by atoms with Crippen LogP contribution in [0.3, 0.4) is 0 Å². The van der Waals surface area contributed by atoms with Gasteiger partial charge in [-0.1, -0.05) is 37.3 Å². The van der Waals surface area contributed by atoms with Crippen molar-refractivity contribution < 1.29 is 0 Å². The lowest BCUT2D eigenvalue weighted by molar-refractivity contribution is 0.885. The Bertz CT molecular complexity index is 1300. The quantitative estimate of drug-likeness (QED) is 0.441. The second-order valence-electron chi connectivity index (χ2n) is 6.56. The van der Waals surface area contributed by atoms with Gasteiger partial charge in [0, 0.05) is 17.3 Å². The summed E-state index contributed by atoms with van der Waals surface area (Å²) in [5.74, 6) is 1.66. The number of nitrogens with zero attached hydrogens (tertiary/aromatic N) is 4. The predicted molar refractivity (Wildman–Crippen MR) is 112 cm³/mol. The third-order valence-corrected chi connectivity index (χ3v) is 4.86. The highest BCUT2D eigenvalue weighted by Crippen LogP contribution is 2.28. The van der Waals surface area contributed by atoms with E-state index >= 15 is 0 Å². The maximum atomic E-state index is 6.13. The van der Waals surface area contributed by atoms with Crippen molar-refractivity contribution in [2.24, 2.45) is 0 Å². The van der Waals surface area contributed by atoms with Crippen LogP contribution in [0.2, 0.25) is 0 Å². The first-order valence-electron chi connectivity index (χ1n) is 9.18. The van der Waals surface area contributed by atoms with E-state index in [1.165, 1.54) is 5.56 Å². The van der Waals surface area contributed by atoms with E-state index in [0.717, 1.165) is 34.0 Å². The number of nitrogens with one attached hydrogen (secondary N) is 2. The lowest BCUT2D eigenvalue weighted by Gasteiger charge is -2.11. The lowest BCUT2D eigenvalue weighted by Crippen LogP contribution is -2.06. The van der Waals surface area contributed by atoms with Crippen molar-refractivity contribution in [1.29, 1.82) is 0 Å². The van der Waals surface area contributed by atoms with E-state index in [0.29, 0.717) is 17.6 Å². The molecule has 5 rings (SSSR count). The zero-order chi connectivity index (χ0) is 19.1. The maximum absolute atomic E-state index is 6.13. The number of fused-ring (bicyclic) bond motifs is 2. The molecule has 0 spiro atoms. The molecule has 2 aromatic carbocycles. The number of rotatable bonds is 4. The van der Waals surface area contributed by atoms with Crippen molar-refractivity contribution in [1.82, 2.24) is 24.7 Å². The van der Waals surface area contributed by atoms with Gasteiger partial charge in [-0.05, 0) is 36.2 Å². The molecule has 138 valence electrons. The molecule has 7 nitrogen and oxygen atoms in total. The van der Waals surface area contributed by atoms with Crippen molar-refractivity contribution in [2.45, 2.75) is 13.3 Å². The van der Waals surface area contributed by atoms with Crippen LogP contribution in [0.5, 0.6) is 0 Å². The van der Waals surface area contributed by atoms with E-state index < -0.39 is 0 Å². The summed E-state index contributed by atoms with van der Waals surface area (Å²) in [7, 11) is 0. The second-order valence-corrected chi connectivity index (χ2v) is 6.56. The molecule has 0 aliphatic rings. The number of anilines is 3. The molecule has 3 aromatic heterocycles. The summed E-state index contributed by atoms with van der Waals surface area (Å²) in [5.41, 5.74) is 9.97. The van der Waals surface area contributed by atoms with Crippen LogP contribution in [-0.4, -0.2) is 24.7 Å². The topological polar surface area (TPSA) is 97.4 Å². The van der Waals surface area contributed by atoms with Gasteiger partial charge in [-0.15, -0.1) is 5.10 Å². The Morgan fingerprint density at radius 2 is 1.82 bits per heavy atom. The maximum Gasteiger partial charge on any atom is 0.231 e. The van der Waals surface area contributed by atoms with Crippen molar-refractivity contribution in [3.05, 3.63) is 66.4 Å². The van der Waals surface area contributed by atoms with E-state index in [1.807, 2.05) is 54.7 Å². The fraction of sp³-hybridized carbons (Fsp3) is 0.0952. The SMILES string of the molecule is CCc1ccccc1Nc1nc(-n2nc(N)c3ccccc32)c2cc[nH]c2n1. The summed E-state index contributed by atoms with van der Waals surface area (Å²) in [5, 5.41) is 9.67. The van der Waals surface area contributed by atoms with Gasteiger partial charge in [0.05, 0.1) is 10.9 Å². The standard InChI is InChI=1S/C21H19N7/c1-2-13-7-3-5-9-16(13)24-21-25-19-15(11-12-23-19)20(26-21)28-17-10-6-4-8-14(17)18(22)27-28/h3-12H,2H2,1H3,(H2,22,27)(H2,23,24,25,26). The zero-order valence-corrected chi connectivity index (χ0v) is 15.3. The van der Waals surface area contributed by atoms with Crippen molar-refractivity contribution in [3.8, 4) is 5.82 Å². The molecule has 4 N–H and O–H groups in total. The molecule has 3 heterocycles. The number of H-pyrrole nitrogens is 1. The number of benzene rings is 2. The molecule has 0 unspecified atom stereocenters. The molecule has 0 radical (unpaired) electrons. The van der Waals surface area contributed by atoms with Gasteiger partial charge >= 0.3 is 0 Å². The monoisotopic (exact) mass is 369 g/mol. The van der Waals surface area contributed by atoms with Crippen LogP contribution in [0.1, 0.15) is 12.5 Å². The van der Waals surface area contributed by atoms with Crippen LogP contribution in [-0.2, 0) is 6.42 Å². The molecule has 5 aromatic rings. The molecule has 0 aliphatic heterocycles. The summed E-state index contributed by atoms with van der Waals surface area (Å²) >= 11 is 0. The number of aryl methyl sites for hydroxylation is 1. The normalized spacial score (nSPS) is 11.3. The van der Waals surface area contributed by atoms with Gasteiger partial charge in [0.1, 0.15) is 5.65 Å². The van der Waals surface area contributed by atoms with Gasteiger partial charge in [0.15, 0.2) is 11.6 Å². The predicted octanol–water partition coefficient (Wildman–Crippen LogP) is 4.19. The molecule has 0 fully saturated rings. The average Bonchev–Trinajstić information content (AvgIpc) is 3.33. The highest BCUT2D eigenvalue weighted by Gasteiger charge is 2.16. The van der Waals surface area contributed by atoms with Crippen LogP contribution in [0.25, 0.3) is 27.8 Å². The van der Waals surface area contributed by atoms with Gasteiger partial charge in [-0.3, -0.25) is 0 Å². The lowest BCUT2D eigenvalue weighted by atomic mass is 10.1. The van der Waals surface area contributed by atoms with Crippen molar-refractivity contribution in [3.63, 3.8) is 0 Å². The molecule has 0 aliphatic carbocycles. The Balaban J connectivity index is 1.70. The molecule has 7 heteroatoms. The molecular formula is C21H19N7. The van der Waals surface area contributed by atoms with Crippen LogP contribution < -0.4 is 11.1 Å². The second kappa shape index (κ2) is 6.38. The molecule has 0 saturated heterocycles. The minimum absolute atomic E-state index is 0.476. The molecule has 0 atom stereocenters. The molecule has 28 heavy (non-hydrogen) atoms. The average molecular weight is 369 g/mol. The molecular weight excluding hydrogens is 350 g/mol. The minimum atomic E-state index is 0.476. The zero-order valence-electron chi connectivity index (χ0n) is 15.3. The van der Waals surface area contributed by atoms with Gasteiger partial charge in [0.25, 0.3) is 0 Å². The summed E-state index contributed by atoms with van der Waals surface area (Å²) in [4.78, 5) is 12.6. The van der Waals surface area contributed by atoms with Crippen LogP contribution in [0.15, 0.2) is 60.8 Å². The number of hydrogen-bond donors (Lipinski definition) is 3. The number of hydrogen-bond acceptors (Lipinski definition) is 5. The first kappa shape index (κ1) is 16.3. The summed E-state index contributed by atoms with van der Waals surface area (Å²) < 4.78 is 1.78. The van der Waals surface area contributed by atoms with Crippen molar-refractivity contribution >= 4 is 39.4 Å². The number of nitrogen functional groups attached to an aromatic ring is 1. The van der Waals surface area contributed by atoms with Crippen LogP contribution in [0.4, 0.5) is 17.5 Å². The third kappa shape index (κ3) is 2.56. The van der Waals surface area contributed by atoms with E-state index in [2.05, 4.69) is 33.4 Å². The molecule has 0 amide bonds. The summed E-state index contributed by atoms with van der Waals surface area (Å²) in [6, 6.07) is 18.0. The van der Waals surface area contributed by atoms with E-state index in [-0.39, 0.29) is 0 Å². The highest BCUT2D eigenvalue weighted by atomic mass is 15.3. The Labute approximate surface area is 161 Å². The Kier molecular flexibility index (Phi) is 3.72. The van der Waals surface area contributed by atoms with Gasteiger partial charge in [-0.2, -0.15) is 9.97 Å². The molecule has 0 bridgehead atoms. The highest BCUT2D eigenvalue weighted by molar-refractivity contribution is 5.93. The number of para-hydroxylation sites is 2. The summed E-state index contributed by atoms with van der Waals surface area (Å²) in [6.45, 7) is 2.12. The largest absolute Gasteiger partial charge is 0.382 e. The van der Waals surface area contributed by atoms with E-state index in [1.54, 1.807) is 4.68 Å². The number of aromatic nitrogens is 5. The summed E-state index contributed by atoms with van der Waals surface area (Å²) in [6.07, 6.45) is 2.77. The Morgan fingerprint density at radius 3 is 2.71 bits per heavy atom. The van der Waals surface area contributed by atoms with Crippen LogP contribution >= 0.6 is 0 Å². The fourth-order valence-electron chi connectivity index (χ4n) is 3.47. The smallest absolute Gasteiger partial charge is 0.231 e. The Hall–Kier alpha value is -3.87. The van der Waals surface area contributed by atoms with E-state index in [9.17, 15) is 0 Å². The van der Waals surface area contributed by atoms with Crippen molar-refractivity contribution in [2.75, 3.05) is 11.1 Å². The fourth-order valence-corrected chi connectivity index (χ4v) is 3.47. The third-order valence-electron chi connectivity index (χ3n) is 4.86. The van der Waals surface area contributed by atoms with Gasteiger partial charge < -0.3 is 16.0 Å².